The number of pyridine rings is 1. The molecule has 0 radical (unpaired) electrons. The molecular formula is C27H29N5O5S. The van der Waals surface area contributed by atoms with Crippen LogP contribution in [-0.2, 0) is 14.9 Å². The fourth-order valence-electron chi connectivity index (χ4n) is 4.93. The number of benzene rings is 1. The number of aromatic nitrogens is 3. The van der Waals surface area contributed by atoms with E-state index in [1.807, 2.05) is 34.9 Å². The number of hydrogen-bond donors (Lipinski definition) is 3. The summed E-state index contributed by atoms with van der Waals surface area (Å²) < 4.78 is 12.6. The van der Waals surface area contributed by atoms with Gasteiger partial charge in [0, 0.05) is 44.0 Å². The van der Waals surface area contributed by atoms with E-state index in [0.717, 1.165) is 46.1 Å². The number of nitrogens with zero attached hydrogens (tertiary/aromatic N) is 3. The first-order chi connectivity index (χ1) is 18.5. The van der Waals surface area contributed by atoms with Crippen LogP contribution in [0.5, 0.6) is 0 Å². The zero-order valence-electron chi connectivity index (χ0n) is 21.2. The Morgan fingerprint density at radius 1 is 1.11 bits per heavy atom. The Balaban J connectivity index is 1.52. The van der Waals surface area contributed by atoms with E-state index < -0.39 is 5.91 Å². The van der Waals surface area contributed by atoms with Crippen LogP contribution in [0.25, 0.3) is 17.0 Å². The number of fused-ring (bicyclic) bond motifs is 1. The summed E-state index contributed by atoms with van der Waals surface area (Å²) in [5, 5.41) is 14.8. The summed E-state index contributed by atoms with van der Waals surface area (Å²) in [7, 11) is 1.59. The maximum atomic E-state index is 12.6. The smallest absolute Gasteiger partial charge is 0.274 e. The largest absolute Gasteiger partial charge is 0.383 e. The zero-order valence-corrected chi connectivity index (χ0v) is 22.0. The Morgan fingerprint density at radius 2 is 1.84 bits per heavy atom. The minimum Gasteiger partial charge on any atom is -0.383 e. The van der Waals surface area contributed by atoms with Crippen molar-refractivity contribution in [3.05, 3.63) is 75.4 Å². The van der Waals surface area contributed by atoms with Gasteiger partial charge < -0.3 is 14.8 Å². The first-order valence-corrected chi connectivity index (χ1v) is 13.2. The van der Waals surface area contributed by atoms with Crippen molar-refractivity contribution in [2.24, 2.45) is 0 Å². The molecule has 1 aromatic carbocycles. The Morgan fingerprint density at radius 3 is 2.55 bits per heavy atom. The van der Waals surface area contributed by atoms with Crippen molar-refractivity contribution < 1.29 is 24.3 Å². The molecule has 4 aromatic rings. The van der Waals surface area contributed by atoms with Gasteiger partial charge in [-0.05, 0) is 49.6 Å². The Labute approximate surface area is 223 Å². The number of carbonyl (C=O) groups excluding carboxylic acids is 2. The third-order valence-electron chi connectivity index (χ3n) is 6.95. The lowest BCUT2D eigenvalue weighted by molar-refractivity contribution is 0.0629. The second kappa shape index (κ2) is 11.0. The molecule has 198 valence electrons. The third-order valence-corrected chi connectivity index (χ3v) is 8.00. The molecule has 2 amide bonds. The van der Waals surface area contributed by atoms with Gasteiger partial charge in [-0.3, -0.25) is 19.2 Å². The predicted octanol–water partition coefficient (Wildman–Crippen LogP) is 3.36. The quantitative estimate of drug-likeness (QED) is 0.179. The van der Waals surface area contributed by atoms with Crippen LogP contribution >= 0.6 is 11.3 Å². The van der Waals surface area contributed by atoms with Gasteiger partial charge >= 0.3 is 0 Å². The van der Waals surface area contributed by atoms with Gasteiger partial charge in [-0.25, -0.2) is 15.4 Å². The fourth-order valence-corrected chi connectivity index (χ4v) is 6.01. The van der Waals surface area contributed by atoms with E-state index in [9.17, 15) is 9.59 Å². The summed E-state index contributed by atoms with van der Waals surface area (Å²) in [6.07, 6.45) is 3.30. The lowest BCUT2D eigenvalue weighted by atomic mass is 9.74. The second-order valence-electron chi connectivity index (χ2n) is 9.19. The molecule has 3 N–H and O–H groups in total. The van der Waals surface area contributed by atoms with Gasteiger partial charge in [0.25, 0.3) is 11.8 Å². The van der Waals surface area contributed by atoms with E-state index in [1.54, 1.807) is 48.3 Å². The molecule has 0 spiro atoms. The normalized spacial score (nSPS) is 14.9. The number of imidazole rings is 1. The Kier molecular flexibility index (Phi) is 7.52. The number of thiazole rings is 1. The maximum Gasteiger partial charge on any atom is 0.274 e. The molecule has 1 fully saturated rings. The number of rotatable bonds is 8. The minimum absolute atomic E-state index is 0.181. The molecule has 4 heterocycles. The number of hydroxylamine groups is 1. The van der Waals surface area contributed by atoms with Gasteiger partial charge in [-0.2, -0.15) is 0 Å². The van der Waals surface area contributed by atoms with Gasteiger partial charge in [-0.15, -0.1) is 11.3 Å². The monoisotopic (exact) mass is 535 g/mol. The molecule has 0 atom stereocenters. The Bertz CT molecular complexity index is 1460. The number of methoxy groups -OCH3 is 1. The maximum absolute atomic E-state index is 12.6. The van der Waals surface area contributed by atoms with Crippen LogP contribution in [0, 0.1) is 6.92 Å². The van der Waals surface area contributed by atoms with Crippen LogP contribution in [0.2, 0.25) is 0 Å². The molecule has 0 bridgehead atoms. The number of aryl methyl sites for hydroxylation is 1. The van der Waals surface area contributed by atoms with E-state index in [1.165, 1.54) is 0 Å². The van der Waals surface area contributed by atoms with Crippen molar-refractivity contribution in [3.8, 4) is 11.4 Å². The van der Waals surface area contributed by atoms with Crippen LogP contribution in [-0.4, -0.2) is 64.9 Å². The first-order valence-electron chi connectivity index (χ1n) is 12.3. The molecule has 5 rings (SSSR count). The number of ether oxygens (including phenoxy) is 2. The number of carbonyl (C=O) groups is 2. The topological polar surface area (TPSA) is 127 Å². The molecule has 38 heavy (non-hydrogen) atoms. The number of amides is 2. The Hall–Kier alpha value is -3.64. The first kappa shape index (κ1) is 26.0. The van der Waals surface area contributed by atoms with Crippen molar-refractivity contribution >= 4 is 28.8 Å². The molecule has 1 saturated heterocycles. The highest BCUT2D eigenvalue weighted by atomic mass is 32.1. The van der Waals surface area contributed by atoms with Crippen LogP contribution in [0.3, 0.4) is 0 Å². The zero-order chi connectivity index (χ0) is 26.7. The summed E-state index contributed by atoms with van der Waals surface area (Å²) in [5.74, 6) is -0.733. The molecule has 1 aliphatic rings. The van der Waals surface area contributed by atoms with Gasteiger partial charge in [0.2, 0.25) is 0 Å². The van der Waals surface area contributed by atoms with E-state index in [2.05, 4.69) is 5.32 Å². The molecule has 11 heteroatoms. The highest BCUT2D eigenvalue weighted by molar-refractivity contribution is 7.10. The second-order valence-corrected chi connectivity index (χ2v) is 10.0. The molecule has 3 aromatic heterocycles. The van der Waals surface area contributed by atoms with Crippen molar-refractivity contribution in [2.75, 3.05) is 33.5 Å². The highest BCUT2D eigenvalue weighted by Crippen LogP contribution is 2.44. The lowest BCUT2D eigenvalue weighted by Gasteiger charge is -2.36. The lowest BCUT2D eigenvalue weighted by Crippen LogP contribution is -2.35. The molecule has 10 nitrogen and oxygen atoms in total. The van der Waals surface area contributed by atoms with Crippen LogP contribution in [0.4, 0.5) is 0 Å². The van der Waals surface area contributed by atoms with E-state index in [0.29, 0.717) is 37.5 Å². The molecule has 0 unspecified atom stereocenters. The van der Waals surface area contributed by atoms with Crippen molar-refractivity contribution in [2.45, 2.75) is 25.2 Å². The highest BCUT2D eigenvalue weighted by Gasteiger charge is 2.39. The van der Waals surface area contributed by atoms with Gasteiger partial charge in [0.05, 0.1) is 29.0 Å². The van der Waals surface area contributed by atoms with Gasteiger partial charge in [0.15, 0.2) is 0 Å². The van der Waals surface area contributed by atoms with Crippen LogP contribution in [0.15, 0.2) is 48.0 Å². The number of nitrogens with one attached hydrogen (secondary N) is 2. The molecule has 1 aliphatic heterocycles. The summed E-state index contributed by atoms with van der Waals surface area (Å²) in [5.41, 5.74) is 6.43. The van der Waals surface area contributed by atoms with Crippen LogP contribution in [0.1, 0.15) is 49.8 Å². The molecular weight excluding hydrogens is 506 g/mol. The average molecular weight is 536 g/mol. The van der Waals surface area contributed by atoms with Crippen molar-refractivity contribution in [1.29, 1.82) is 0 Å². The average Bonchev–Trinajstić information content (AvgIpc) is 3.56. The summed E-state index contributed by atoms with van der Waals surface area (Å²) in [6, 6.07) is 10.9. The predicted molar refractivity (Wildman–Crippen MR) is 142 cm³/mol. The summed E-state index contributed by atoms with van der Waals surface area (Å²) >= 11 is 1.58. The van der Waals surface area contributed by atoms with E-state index in [-0.39, 0.29) is 11.3 Å². The van der Waals surface area contributed by atoms with Gasteiger partial charge in [0.1, 0.15) is 16.3 Å². The summed E-state index contributed by atoms with van der Waals surface area (Å²) in [4.78, 5) is 34.3. The van der Waals surface area contributed by atoms with Gasteiger partial charge in [-0.1, -0.05) is 12.1 Å². The third kappa shape index (κ3) is 4.81. The summed E-state index contributed by atoms with van der Waals surface area (Å²) in [6.45, 7) is 4.01. The van der Waals surface area contributed by atoms with E-state index in [4.69, 9.17) is 24.6 Å². The fraction of sp³-hybridized carbons (Fsp3) is 0.333. The van der Waals surface area contributed by atoms with Crippen LogP contribution < -0.4 is 10.8 Å². The number of hydrogen-bond acceptors (Lipinski definition) is 8. The van der Waals surface area contributed by atoms with E-state index >= 15 is 0 Å². The minimum atomic E-state index is -0.552. The molecule has 0 aliphatic carbocycles. The molecule has 0 saturated carbocycles. The van der Waals surface area contributed by atoms with Crippen molar-refractivity contribution in [3.63, 3.8) is 0 Å². The SMILES string of the molecule is COCCNC(=O)c1ccc2nc(C)c(-c3csc(C4(c5ccc(C(=O)NO)cc5)CCOCC4)n3)n2c1. The standard InChI is InChI=1S/C27H29N5O5S/c1-17-23(32-15-19(5-8-22(32)29-17)24(33)28-11-14-36-2)21-16-38-26(30-21)27(9-12-37-13-10-27)20-6-3-18(4-7-20)25(34)31-35/h3-8,15-16,35H,9-14H2,1-2H3,(H,28,33)(H,31,34). The van der Waals surface area contributed by atoms with Crippen molar-refractivity contribution in [1.82, 2.24) is 25.2 Å².